The summed E-state index contributed by atoms with van der Waals surface area (Å²) in [5.41, 5.74) is 2.98. The quantitative estimate of drug-likeness (QED) is 0.863. The van der Waals surface area contributed by atoms with E-state index in [0.717, 1.165) is 12.5 Å². The number of hydrogen-bond donors (Lipinski definition) is 2. The van der Waals surface area contributed by atoms with Gasteiger partial charge in [0.15, 0.2) is 0 Å². The van der Waals surface area contributed by atoms with E-state index in [1.54, 1.807) is 5.56 Å². The van der Waals surface area contributed by atoms with Gasteiger partial charge in [-0.25, -0.2) is 0 Å². The smallest absolute Gasteiger partial charge is 0.0462 e. The molecule has 0 aliphatic heterocycles. The fourth-order valence-electron chi connectivity index (χ4n) is 4.02. The van der Waals surface area contributed by atoms with Crippen molar-refractivity contribution in [2.75, 3.05) is 13.2 Å². The first kappa shape index (κ1) is 14.1. The normalized spacial score (nSPS) is 33.1. The third-order valence-corrected chi connectivity index (χ3v) is 5.49. The molecule has 2 aliphatic carbocycles. The fourth-order valence-corrected chi connectivity index (χ4v) is 4.02. The number of aliphatic hydroxyl groups is 1. The standard InChI is InChI=1S/C18H27NO/c1-13-5-2-3-8-18(13)16-9-17(10-16)19-11-14-6-4-7-15(14)12-20/h2-3,5,8,14-17,19-20H,4,6-7,9-12H2,1H3. The Morgan fingerprint density at radius 1 is 1.15 bits per heavy atom. The predicted molar refractivity (Wildman–Crippen MR) is 82.9 cm³/mol. The topological polar surface area (TPSA) is 32.3 Å². The SMILES string of the molecule is Cc1ccccc1C1CC(NCC2CCCC2CO)C1. The van der Waals surface area contributed by atoms with Crippen molar-refractivity contribution >= 4 is 0 Å². The van der Waals surface area contributed by atoms with Crippen molar-refractivity contribution in [3.63, 3.8) is 0 Å². The molecule has 3 rings (SSSR count). The summed E-state index contributed by atoms with van der Waals surface area (Å²) < 4.78 is 0. The summed E-state index contributed by atoms with van der Waals surface area (Å²) in [6.07, 6.45) is 6.38. The minimum Gasteiger partial charge on any atom is -0.396 e. The van der Waals surface area contributed by atoms with Gasteiger partial charge in [0, 0.05) is 12.6 Å². The molecule has 2 aliphatic rings. The van der Waals surface area contributed by atoms with E-state index in [1.165, 1.54) is 37.7 Å². The molecule has 2 heteroatoms. The van der Waals surface area contributed by atoms with E-state index in [4.69, 9.17) is 0 Å². The Labute approximate surface area is 122 Å². The molecule has 110 valence electrons. The second-order valence-electron chi connectivity index (χ2n) is 6.76. The Balaban J connectivity index is 1.44. The fraction of sp³-hybridized carbons (Fsp3) is 0.667. The molecule has 0 amide bonds. The van der Waals surface area contributed by atoms with Crippen molar-refractivity contribution in [2.45, 2.75) is 51.0 Å². The minimum absolute atomic E-state index is 0.378. The van der Waals surface area contributed by atoms with Crippen LogP contribution in [-0.2, 0) is 0 Å². The molecule has 2 unspecified atom stereocenters. The summed E-state index contributed by atoms with van der Waals surface area (Å²) in [6, 6.07) is 9.49. The number of hydrogen-bond acceptors (Lipinski definition) is 2. The molecular weight excluding hydrogens is 246 g/mol. The zero-order chi connectivity index (χ0) is 13.9. The summed E-state index contributed by atoms with van der Waals surface area (Å²) in [7, 11) is 0. The van der Waals surface area contributed by atoms with Gasteiger partial charge in [-0.15, -0.1) is 0 Å². The number of rotatable bonds is 5. The van der Waals surface area contributed by atoms with Gasteiger partial charge in [0.1, 0.15) is 0 Å². The minimum atomic E-state index is 0.378. The van der Waals surface area contributed by atoms with Crippen LogP contribution in [0.1, 0.15) is 49.1 Å². The maximum absolute atomic E-state index is 9.37. The van der Waals surface area contributed by atoms with Gasteiger partial charge in [-0.05, 0) is 68.0 Å². The monoisotopic (exact) mass is 273 g/mol. The van der Waals surface area contributed by atoms with Crippen LogP contribution in [0.15, 0.2) is 24.3 Å². The Morgan fingerprint density at radius 3 is 2.65 bits per heavy atom. The summed E-state index contributed by atoms with van der Waals surface area (Å²) in [5.74, 6) is 2.01. The van der Waals surface area contributed by atoms with Crippen LogP contribution in [0.3, 0.4) is 0 Å². The number of benzene rings is 1. The molecule has 0 saturated heterocycles. The van der Waals surface area contributed by atoms with Crippen LogP contribution < -0.4 is 5.32 Å². The van der Waals surface area contributed by atoms with E-state index in [2.05, 4.69) is 36.5 Å². The molecule has 0 bridgehead atoms. The zero-order valence-electron chi connectivity index (χ0n) is 12.5. The molecule has 20 heavy (non-hydrogen) atoms. The molecule has 0 spiro atoms. The highest BCUT2D eigenvalue weighted by molar-refractivity contribution is 5.31. The van der Waals surface area contributed by atoms with Gasteiger partial charge in [-0.1, -0.05) is 30.7 Å². The van der Waals surface area contributed by atoms with Crippen LogP contribution >= 0.6 is 0 Å². The Hall–Kier alpha value is -0.860. The van der Waals surface area contributed by atoms with Gasteiger partial charge in [0.05, 0.1) is 0 Å². The maximum Gasteiger partial charge on any atom is 0.0462 e. The van der Waals surface area contributed by atoms with Gasteiger partial charge in [0.2, 0.25) is 0 Å². The van der Waals surface area contributed by atoms with E-state index >= 15 is 0 Å². The Morgan fingerprint density at radius 2 is 1.90 bits per heavy atom. The molecule has 2 nitrogen and oxygen atoms in total. The third kappa shape index (κ3) is 2.91. The molecule has 1 aromatic carbocycles. The average molecular weight is 273 g/mol. The highest BCUT2D eigenvalue weighted by Crippen LogP contribution is 2.39. The first-order valence-corrected chi connectivity index (χ1v) is 8.17. The van der Waals surface area contributed by atoms with E-state index in [0.29, 0.717) is 24.5 Å². The van der Waals surface area contributed by atoms with Gasteiger partial charge in [-0.3, -0.25) is 0 Å². The van der Waals surface area contributed by atoms with Gasteiger partial charge in [-0.2, -0.15) is 0 Å². The number of nitrogens with one attached hydrogen (secondary N) is 1. The summed E-state index contributed by atoms with van der Waals surface area (Å²) in [6.45, 7) is 3.71. The lowest BCUT2D eigenvalue weighted by Gasteiger charge is -2.38. The lowest BCUT2D eigenvalue weighted by molar-refractivity contribution is 0.182. The van der Waals surface area contributed by atoms with Crippen LogP contribution in [0.25, 0.3) is 0 Å². The molecule has 1 aromatic rings. The van der Waals surface area contributed by atoms with Crippen LogP contribution in [0.5, 0.6) is 0 Å². The molecule has 2 atom stereocenters. The second-order valence-corrected chi connectivity index (χ2v) is 6.76. The van der Waals surface area contributed by atoms with E-state index < -0.39 is 0 Å². The molecule has 0 heterocycles. The van der Waals surface area contributed by atoms with Crippen LogP contribution in [-0.4, -0.2) is 24.3 Å². The summed E-state index contributed by atoms with van der Waals surface area (Å²) >= 11 is 0. The van der Waals surface area contributed by atoms with Crippen molar-refractivity contribution in [1.29, 1.82) is 0 Å². The maximum atomic E-state index is 9.37. The lowest BCUT2D eigenvalue weighted by Crippen LogP contribution is -2.43. The van der Waals surface area contributed by atoms with Crippen LogP contribution in [0.4, 0.5) is 0 Å². The van der Waals surface area contributed by atoms with Crippen LogP contribution in [0, 0.1) is 18.8 Å². The molecule has 2 N–H and O–H groups in total. The van der Waals surface area contributed by atoms with Gasteiger partial charge >= 0.3 is 0 Å². The van der Waals surface area contributed by atoms with Gasteiger partial charge in [0.25, 0.3) is 0 Å². The largest absolute Gasteiger partial charge is 0.396 e. The first-order chi connectivity index (χ1) is 9.78. The summed E-state index contributed by atoms with van der Waals surface area (Å²) in [4.78, 5) is 0. The van der Waals surface area contributed by atoms with E-state index in [9.17, 15) is 5.11 Å². The predicted octanol–water partition coefficient (Wildman–Crippen LogP) is 3.24. The zero-order valence-corrected chi connectivity index (χ0v) is 12.5. The van der Waals surface area contributed by atoms with Crippen molar-refractivity contribution in [3.05, 3.63) is 35.4 Å². The molecule has 2 saturated carbocycles. The first-order valence-electron chi connectivity index (χ1n) is 8.17. The van der Waals surface area contributed by atoms with Crippen molar-refractivity contribution < 1.29 is 5.11 Å². The Kier molecular flexibility index (Phi) is 4.42. The van der Waals surface area contributed by atoms with Crippen LogP contribution in [0.2, 0.25) is 0 Å². The highest BCUT2D eigenvalue weighted by atomic mass is 16.3. The number of aryl methyl sites for hydroxylation is 1. The average Bonchev–Trinajstić information content (AvgIpc) is 2.86. The second kappa shape index (κ2) is 6.28. The third-order valence-electron chi connectivity index (χ3n) is 5.49. The highest BCUT2D eigenvalue weighted by Gasteiger charge is 2.32. The van der Waals surface area contributed by atoms with E-state index in [-0.39, 0.29) is 0 Å². The van der Waals surface area contributed by atoms with E-state index in [1.807, 2.05) is 0 Å². The van der Waals surface area contributed by atoms with Crippen molar-refractivity contribution in [2.24, 2.45) is 11.8 Å². The molecular formula is C18H27NO. The molecule has 0 radical (unpaired) electrons. The van der Waals surface area contributed by atoms with Crippen molar-refractivity contribution in [3.8, 4) is 0 Å². The van der Waals surface area contributed by atoms with Crippen molar-refractivity contribution in [1.82, 2.24) is 5.32 Å². The van der Waals surface area contributed by atoms with Gasteiger partial charge < -0.3 is 10.4 Å². The summed E-state index contributed by atoms with van der Waals surface area (Å²) in [5, 5.41) is 13.1. The lowest BCUT2D eigenvalue weighted by atomic mass is 9.74. The Bertz CT molecular complexity index is 439. The molecule has 0 aromatic heterocycles. The molecule has 2 fully saturated rings. The number of aliphatic hydroxyl groups excluding tert-OH is 1.